The normalized spacial score (nSPS) is 17.7. The third kappa shape index (κ3) is 5.95. The topological polar surface area (TPSA) is 116 Å². The molecule has 0 spiro atoms. The Hall–Kier alpha value is -3.49. The summed E-state index contributed by atoms with van der Waals surface area (Å²) in [5.41, 5.74) is -0.723. The molecule has 222 valence electrons. The molecule has 0 bridgehead atoms. The van der Waals surface area contributed by atoms with Crippen molar-refractivity contribution in [1.82, 2.24) is 24.7 Å². The highest BCUT2D eigenvalue weighted by molar-refractivity contribution is 7.18. The summed E-state index contributed by atoms with van der Waals surface area (Å²) in [5.74, 6) is -0.914. The van der Waals surface area contributed by atoms with Crippen molar-refractivity contribution in [2.45, 2.75) is 78.7 Å². The maximum absolute atomic E-state index is 13.4. The zero-order valence-electron chi connectivity index (χ0n) is 23.3. The van der Waals surface area contributed by atoms with E-state index in [2.05, 4.69) is 17.1 Å². The summed E-state index contributed by atoms with van der Waals surface area (Å²) in [6, 6.07) is 1.37. The van der Waals surface area contributed by atoms with Gasteiger partial charge in [-0.2, -0.15) is 18.2 Å². The van der Waals surface area contributed by atoms with E-state index in [1.807, 2.05) is 11.0 Å². The van der Waals surface area contributed by atoms with Gasteiger partial charge in [-0.05, 0) is 46.1 Å². The van der Waals surface area contributed by atoms with Gasteiger partial charge >= 0.3 is 18.1 Å². The van der Waals surface area contributed by atoms with E-state index in [9.17, 15) is 22.8 Å². The number of esters is 2. The second-order valence-corrected chi connectivity index (χ2v) is 12.3. The average Bonchev–Trinajstić information content (AvgIpc) is 3.64. The van der Waals surface area contributed by atoms with Gasteiger partial charge in [-0.25, -0.2) is 9.78 Å². The molecule has 0 saturated carbocycles. The number of fused-ring (bicyclic) bond motifs is 2. The first-order valence-corrected chi connectivity index (χ1v) is 14.3. The Morgan fingerprint density at radius 2 is 1.88 bits per heavy atom. The van der Waals surface area contributed by atoms with E-state index >= 15 is 0 Å². The molecule has 0 aromatic carbocycles. The fraction of sp³-hybridized carbons (Fsp3) is 0.615. The number of nitrogens with zero attached hydrogens (tertiary/aromatic N) is 7. The Morgan fingerprint density at radius 1 is 1.10 bits per heavy atom. The number of rotatable bonds is 7. The van der Waals surface area contributed by atoms with Gasteiger partial charge in [-0.15, -0.1) is 21.5 Å². The van der Waals surface area contributed by atoms with E-state index in [-0.39, 0.29) is 25.5 Å². The van der Waals surface area contributed by atoms with Gasteiger partial charge in [0.25, 0.3) is 0 Å². The van der Waals surface area contributed by atoms with Crippen LogP contribution in [-0.2, 0) is 44.7 Å². The van der Waals surface area contributed by atoms with E-state index in [1.165, 1.54) is 11.3 Å². The second kappa shape index (κ2) is 11.1. The number of aromatic nitrogens is 5. The van der Waals surface area contributed by atoms with Crippen LogP contribution in [-0.4, -0.2) is 62.6 Å². The molecule has 1 saturated heterocycles. The molecule has 3 aromatic rings. The van der Waals surface area contributed by atoms with E-state index in [1.54, 1.807) is 25.7 Å². The number of carbonyl (C=O) groups excluding carboxylic acids is 2. The van der Waals surface area contributed by atoms with Gasteiger partial charge in [0.1, 0.15) is 16.7 Å². The second-order valence-electron chi connectivity index (χ2n) is 11.2. The fourth-order valence-electron chi connectivity index (χ4n) is 4.94. The van der Waals surface area contributed by atoms with Crippen LogP contribution in [0, 0.1) is 5.41 Å². The van der Waals surface area contributed by atoms with E-state index in [4.69, 9.17) is 19.4 Å². The molecule has 11 nitrogen and oxygen atoms in total. The van der Waals surface area contributed by atoms with Crippen molar-refractivity contribution in [1.29, 1.82) is 0 Å². The van der Waals surface area contributed by atoms with Crippen LogP contribution in [0.1, 0.15) is 63.5 Å². The average molecular weight is 596 g/mol. The molecule has 1 fully saturated rings. The number of aryl methyl sites for hydroxylation is 1. The van der Waals surface area contributed by atoms with E-state index in [0.29, 0.717) is 31.2 Å². The molecule has 2 aliphatic heterocycles. The first-order chi connectivity index (χ1) is 19.4. The minimum absolute atomic E-state index is 0.0515. The van der Waals surface area contributed by atoms with Gasteiger partial charge in [0.2, 0.25) is 18.6 Å². The highest BCUT2D eigenvalue weighted by Crippen LogP contribution is 2.37. The van der Waals surface area contributed by atoms with Crippen molar-refractivity contribution in [2.24, 2.45) is 5.41 Å². The first-order valence-electron chi connectivity index (χ1n) is 13.5. The van der Waals surface area contributed by atoms with Crippen LogP contribution in [0.25, 0.3) is 10.2 Å². The molecule has 5 rings (SSSR count). The summed E-state index contributed by atoms with van der Waals surface area (Å²) in [5, 5.41) is 8.00. The standard InChI is InChI=1S/C26H32F3N7O4S/c1-5-7-15-12-16-19(34-10-11-36-18(13-34)32-33-22(36)26(27,28)29)30-24(31-20(16)41-15)35-9-6-8-17(35)21(37)39-14-40-23(38)25(2,3)4/h12,17H,5-11,13-14H2,1-4H3/t17-/m0/s1. The molecule has 0 unspecified atom stereocenters. The summed E-state index contributed by atoms with van der Waals surface area (Å²) >= 11 is 1.53. The minimum Gasteiger partial charge on any atom is -0.427 e. The number of halogens is 3. The molecular formula is C26H32F3N7O4S. The van der Waals surface area contributed by atoms with Gasteiger partial charge < -0.3 is 23.8 Å². The molecule has 0 N–H and O–H groups in total. The lowest BCUT2D eigenvalue weighted by Crippen LogP contribution is -2.40. The van der Waals surface area contributed by atoms with Gasteiger partial charge in [0, 0.05) is 24.5 Å². The lowest BCUT2D eigenvalue weighted by molar-refractivity contribution is -0.173. The zero-order valence-corrected chi connectivity index (χ0v) is 24.1. The number of ether oxygens (including phenoxy) is 2. The van der Waals surface area contributed by atoms with E-state index in [0.717, 1.165) is 32.5 Å². The van der Waals surface area contributed by atoms with Crippen LogP contribution in [0.5, 0.6) is 0 Å². The van der Waals surface area contributed by atoms with Crippen molar-refractivity contribution in [3.8, 4) is 0 Å². The number of hydrogen-bond acceptors (Lipinski definition) is 11. The quantitative estimate of drug-likeness (QED) is 0.289. The SMILES string of the molecule is CCCc1cc2c(N3CCn4c(nnc4C(F)(F)F)C3)nc(N3CCC[C@H]3C(=O)OCOC(=O)C(C)(C)C)nc2s1. The van der Waals surface area contributed by atoms with Gasteiger partial charge in [0.05, 0.1) is 17.3 Å². The molecular weight excluding hydrogens is 563 g/mol. The molecule has 0 amide bonds. The Morgan fingerprint density at radius 3 is 2.59 bits per heavy atom. The monoisotopic (exact) mass is 595 g/mol. The maximum atomic E-state index is 13.4. The van der Waals surface area contributed by atoms with Crippen molar-refractivity contribution in [3.63, 3.8) is 0 Å². The largest absolute Gasteiger partial charge is 0.451 e. The minimum atomic E-state index is -4.59. The molecule has 0 aliphatic carbocycles. The summed E-state index contributed by atoms with van der Waals surface area (Å²) in [6.45, 7) is 7.65. The molecule has 5 heterocycles. The van der Waals surface area contributed by atoms with Crippen LogP contribution in [0.15, 0.2) is 6.07 Å². The Bertz CT molecular complexity index is 1450. The third-order valence-corrected chi connectivity index (χ3v) is 8.09. The number of carbonyl (C=O) groups is 2. The van der Waals surface area contributed by atoms with E-state index < -0.39 is 42.2 Å². The predicted molar refractivity (Wildman–Crippen MR) is 144 cm³/mol. The van der Waals surface area contributed by atoms with Crippen LogP contribution in [0.2, 0.25) is 0 Å². The number of alkyl halides is 3. The van der Waals surface area contributed by atoms with Crippen LogP contribution in [0.4, 0.5) is 24.9 Å². The van der Waals surface area contributed by atoms with Crippen molar-refractivity contribution >= 4 is 45.3 Å². The molecule has 3 aromatic heterocycles. The predicted octanol–water partition coefficient (Wildman–Crippen LogP) is 4.33. The Labute approximate surface area is 238 Å². The summed E-state index contributed by atoms with van der Waals surface area (Å²) in [4.78, 5) is 40.2. The lowest BCUT2D eigenvalue weighted by atomic mass is 9.98. The molecule has 2 aliphatic rings. The third-order valence-electron chi connectivity index (χ3n) is 7.00. The van der Waals surface area contributed by atoms with Crippen LogP contribution in [0.3, 0.4) is 0 Å². The molecule has 1 atom stereocenters. The number of anilines is 2. The molecule has 41 heavy (non-hydrogen) atoms. The first kappa shape index (κ1) is 29.0. The smallest absolute Gasteiger partial charge is 0.427 e. The van der Waals surface area contributed by atoms with Gasteiger partial charge in [-0.1, -0.05) is 13.3 Å². The summed E-state index contributed by atoms with van der Waals surface area (Å²) < 4.78 is 51.6. The van der Waals surface area contributed by atoms with Crippen LogP contribution < -0.4 is 9.80 Å². The summed E-state index contributed by atoms with van der Waals surface area (Å²) in [6.07, 6.45) is -1.58. The highest BCUT2D eigenvalue weighted by atomic mass is 32.1. The Kier molecular flexibility index (Phi) is 7.83. The van der Waals surface area contributed by atoms with Crippen molar-refractivity contribution < 1.29 is 32.2 Å². The highest BCUT2D eigenvalue weighted by Gasteiger charge is 2.40. The molecule has 0 radical (unpaired) electrons. The van der Waals surface area contributed by atoms with Crippen molar-refractivity contribution in [3.05, 3.63) is 22.6 Å². The molecule has 15 heteroatoms. The van der Waals surface area contributed by atoms with Crippen molar-refractivity contribution in [2.75, 3.05) is 29.7 Å². The fourth-order valence-corrected chi connectivity index (χ4v) is 6.06. The lowest BCUT2D eigenvalue weighted by Gasteiger charge is -2.30. The Balaban J connectivity index is 1.42. The summed E-state index contributed by atoms with van der Waals surface area (Å²) in [7, 11) is 0. The van der Waals surface area contributed by atoms with Crippen LogP contribution >= 0.6 is 11.3 Å². The maximum Gasteiger partial charge on any atom is 0.451 e. The zero-order chi connectivity index (χ0) is 29.5. The van der Waals surface area contributed by atoms with Gasteiger partial charge in [-0.3, -0.25) is 4.79 Å². The van der Waals surface area contributed by atoms with Gasteiger partial charge in [0.15, 0.2) is 5.82 Å². The number of hydrogen-bond donors (Lipinski definition) is 0. The number of thiophene rings is 1.